The summed E-state index contributed by atoms with van der Waals surface area (Å²) in [5.41, 5.74) is 0. The largest absolute Gasteiger partial charge is 0.380 e. The summed E-state index contributed by atoms with van der Waals surface area (Å²) in [7, 11) is 3.62. The maximum absolute atomic E-state index is 5.01. The van der Waals surface area contributed by atoms with E-state index in [2.05, 4.69) is 10.6 Å². The van der Waals surface area contributed by atoms with E-state index in [1.165, 1.54) is 0 Å². The normalized spacial score (nSPS) is 15.0. The van der Waals surface area contributed by atoms with Crippen molar-refractivity contribution in [1.29, 1.82) is 0 Å². The van der Waals surface area contributed by atoms with Crippen LogP contribution < -0.4 is 10.6 Å². The first-order chi connectivity index (χ1) is 8.31. The average molecular weight is 250 g/mol. The van der Waals surface area contributed by atoms with Crippen molar-refractivity contribution in [3.63, 3.8) is 0 Å². The molecule has 0 unspecified atom stereocenters. The molecule has 0 aromatic rings. The van der Waals surface area contributed by atoms with Gasteiger partial charge >= 0.3 is 0 Å². The molecule has 4 nitrogen and oxygen atoms in total. The maximum Gasteiger partial charge on any atom is 0.0667 e. The summed E-state index contributed by atoms with van der Waals surface area (Å²) in [6.45, 7) is 14.8. The van der Waals surface area contributed by atoms with Crippen molar-refractivity contribution in [2.24, 2.45) is 0 Å². The third-order valence-corrected chi connectivity index (χ3v) is 1.74. The second-order valence-corrected chi connectivity index (χ2v) is 2.97. The summed E-state index contributed by atoms with van der Waals surface area (Å²) < 4.78 is 9.94. The molecule has 1 fully saturated rings. The Morgan fingerprint density at radius 2 is 1.65 bits per heavy atom. The molecule has 0 spiro atoms. The molecule has 0 bridgehead atoms. The van der Waals surface area contributed by atoms with E-state index < -0.39 is 0 Å². The van der Waals surface area contributed by atoms with Crippen molar-refractivity contribution in [3.8, 4) is 0 Å². The minimum absolute atomic E-state index is 0.338. The zero-order valence-corrected chi connectivity index (χ0v) is 12.9. The number of likely N-dealkylation sites (N-methyl/N-ethyl adjacent to an activating group) is 1. The zero-order valence-electron chi connectivity index (χ0n) is 12.9. The predicted molar refractivity (Wildman–Crippen MR) is 76.8 cm³/mol. The smallest absolute Gasteiger partial charge is 0.0667 e. The van der Waals surface area contributed by atoms with Crippen LogP contribution in [-0.2, 0) is 9.47 Å². The molecule has 1 aliphatic heterocycles. The Kier molecular flexibility index (Phi) is 32.3. The van der Waals surface area contributed by atoms with E-state index in [1.54, 1.807) is 7.11 Å². The second kappa shape index (κ2) is 24.9. The standard InChI is InChI=1S/C5H13NO.C4H9NO.2C2H6/c1-5(7-3)4-6-2;1-3-6-4-2-5-1;2*1-2/h5-6H,4H2,1-3H3;5H,1-4H2;2*1-2H3/t5-;;;/m1.../s1. The van der Waals surface area contributed by atoms with Crippen molar-refractivity contribution in [2.45, 2.75) is 40.7 Å². The fraction of sp³-hybridized carbons (Fsp3) is 1.00. The highest BCUT2D eigenvalue weighted by Crippen LogP contribution is 1.80. The van der Waals surface area contributed by atoms with Gasteiger partial charge in [0.15, 0.2) is 0 Å². The summed E-state index contributed by atoms with van der Waals surface area (Å²) in [6.07, 6.45) is 0.338. The molecule has 1 rings (SSSR count). The zero-order chi connectivity index (χ0) is 13.9. The van der Waals surface area contributed by atoms with Crippen molar-refractivity contribution >= 4 is 0 Å². The van der Waals surface area contributed by atoms with Gasteiger partial charge in [-0.25, -0.2) is 0 Å². The third-order valence-electron chi connectivity index (χ3n) is 1.74. The SMILES string of the molecule is C1COCCN1.CC.CC.CNC[C@@H](C)OC. The van der Waals surface area contributed by atoms with Crippen LogP contribution >= 0.6 is 0 Å². The van der Waals surface area contributed by atoms with Crippen LogP contribution in [-0.4, -0.2) is 53.1 Å². The van der Waals surface area contributed by atoms with E-state index in [9.17, 15) is 0 Å². The van der Waals surface area contributed by atoms with Crippen LogP contribution in [0.5, 0.6) is 0 Å². The van der Waals surface area contributed by atoms with Crippen LogP contribution in [0.2, 0.25) is 0 Å². The second-order valence-electron chi connectivity index (χ2n) is 2.97. The molecule has 0 aliphatic carbocycles. The molecule has 1 saturated heterocycles. The van der Waals surface area contributed by atoms with E-state index >= 15 is 0 Å². The van der Waals surface area contributed by atoms with E-state index in [0.717, 1.165) is 32.8 Å². The molecular formula is C13H34N2O2. The molecule has 17 heavy (non-hydrogen) atoms. The van der Waals surface area contributed by atoms with Crippen molar-refractivity contribution in [1.82, 2.24) is 10.6 Å². The first-order valence-corrected chi connectivity index (χ1v) is 6.77. The molecule has 0 amide bonds. The number of methoxy groups -OCH3 is 1. The lowest BCUT2D eigenvalue weighted by atomic mass is 10.4. The third kappa shape index (κ3) is 25.8. The first-order valence-electron chi connectivity index (χ1n) is 6.77. The summed E-state index contributed by atoms with van der Waals surface area (Å²) in [5, 5.41) is 6.15. The Morgan fingerprint density at radius 1 is 1.18 bits per heavy atom. The van der Waals surface area contributed by atoms with Gasteiger partial charge in [-0.1, -0.05) is 27.7 Å². The Balaban J connectivity index is -0.000000179. The molecule has 4 heteroatoms. The number of hydrogen-bond acceptors (Lipinski definition) is 4. The van der Waals surface area contributed by atoms with Gasteiger partial charge in [-0.3, -0.25) is 0 Å². The summed E-state index contributed by atoms with van der Waals surface area (Å²) in [4.78, 5) is 0. The van der Waals surface area contributed by atoms with E-state index in [1.807, 2.05) is 41.7 Å². The van der Waals surface area contributed by atoms with E-state index in [-0.39, 0.29) is 0 Å². The lowest BCUT2D eigenvalue weighted by Crippen LogP contribution is -2.30. The monoisotopic (exact) mass is 250 g/mol. The average Bonchev–Trinajstić information content (AvgIpc) is 2.46. The minimum atomic E-state index is 0.338. The van der Waals surface area contributed by atoms with E-state index in [4.69, 9.17) is 9.47 Å². The molecule has 1 aliphatic rings. The van der Waals surface area contributed by atoms with Gasteiger partial charge < -0.3 is 20.1 Å². The number of rotatable bonds is 3. The lowest BCUT2D eigenvalue weighted by Gasteiger charge is -2.10. The van der Waals surface area contributed by atoms with E-state index in [0.29, 0.717) is 6.10 Å². The first kappa shape index (κ1) is 22.1. The molecule has 0 radical (unpaired) electrons. The topological polar surface area (TPSA) is 42.5 Å². The highest BCUT2D eigenvalue weighted by molar-refractivity contribution is 4.49. The lowest BCUT2D eigenvalue weighted by molar-refractivity contribution is 0.109. The molecule has 0 saturated carbocycles. The Bertz CT molecular complexity index is 87.9. The van der Waals surface area contributed by atoms with Gasteiger partial charge in [0, 0.05) is 26.7 Å². The van der Waals surface area contributed by atoms with Gasteiger partial charge in [-0.2, -0.15) is 0 Å². The fourth-order valence-corrected chi connectivity index (χ4v) is 0.887. The van der Waals surface area contributed by atoms with Crippen LogP contribution in [0.4, 0.5) is 0 Å². The number of morpholine rings is 1. The van der Waals surface area contributed by atoms with Gasteiger partial charge in [-0.15, -0.1) is 0 Å². The number of nitrogens with one attached hydrogen (secondary N) is 2. The maximum atomic E-state index is 5.01. The van der Waals surface area contributed by atoms with Gasteiger partial charge in [0.05, 0.1) is 19.3 Å². The van der Waals surface area contributed by atoms with Crippen LogP contribution in [0.25, 0.3) is 0 Å². The summed E-state index contributed by atoms with van der Waals surface area (Å²) in [6, 6.07) is 0. The van der Waals surface area contributed by atoms with Crippen LogP contribution in [0.1, 0.15) is 34.6 Å². The fourth-order valence-electron chi connectivity index (χ4n) is 0.887. The molecule has 0 aromatic heterocycles. The van der Waals surface area contributed by atoms with Gasteiger partial charge in [0.25, 0.3) is 0 Å². The van der Waals surface area contributed by atoms with Crippen LogP contribution in [0, 0.1) is 0 Å². The predicted octanol–water partition coefficient (Wildman–Crippen LogP) is 1.90. The molecular weight excluding hydrogens is 216 g/mol. The van der Waals surface area contributed by atoms with Crippen molar-refractivity contribution in [2.75, 3.05) is 47.0 Å². The highest BCUT2D eigenvalue weighted by Gasteiger charge is 1.93. The van der Waals surface area contributed by atoms with Gasteiger partial charge in [0.2, 0.25) is 0 Å². The highest BCUT2D eigenvalue weighted by atomic mass is 16.5. The van der Waals surface area contributed by atoms with Gasteiger partial charge in [0.1, 0.15) is 0 Å². The Morgan fingerprint density at radius 3 is 1.76 bits per heavy atom. The molecule has 0 aromatic carbocycles. The molecule has 2 N–H and O–H groups in total. The Hall–Kier alpha value is -0.160. The van der Waals surface area contributed by atoms with Crippen molar-refractivity contribution < 1.29 is 9.47 Å². The van der Waals surface area contributed by atoms with Crippen LogP contribution in [0.3, 0.4) is 0 Å². The molecule has 108 valence electrons. The minimum Gasteiger partial charge on any atom is -0.380 e. The number of hydrogen-bond donors (Lipinski definition) is 2. The van der Waals surface area contributed by atoms with Crippen molar-refractivity contribution in [3.05, 3.63) is 0 Å². The van der Waals surface area contributed by atoms with Crippen LogP contribution in [0.15, 0.2) is 0 Å². The number of ether oxygens (including phenoxy) is 2. The summed E-state index contributed by atoms with van der Waals surface area (Å²) in [5.74, 6) is 0. The molecule has 1 heterocycles. The molecule has 1 atom stereocenters. The summed E-state index contributed by atoms with van der Waals surface area (Å²) >= 11 is 0. The Labute approximate surface area is 108 Å². The quantitative estimate of drug-likeness (QED) is 0.803. The van der Waals surface area contributed by atoms with Gasteiger partial charge in [-0.05, 0) is 14.0 Å².